The van der Waals surface area contributed by atoms with E-state index in [-0.39, 0.29) is 5.91 Å². The van der Waals surface area contributed by atoms with Crippen LogP contribution >= 0.6 is 11.8 Å². The van der Waals surface area contributed by atoms with Gasteiger partial charge in [-0.1, -0.05) is 17.8 Å². The Bertz CT molecular complexity index is 735. The van der Waals surface area contributed by atoms with Crippen molar-refractivity contribution in [2.75, 3.05) is 18.8 Å². The van der Waals surface area contributed by atoms with Gasteiger partial charge in [-0.15, -0.1) is 10.2 Å². The van der Waals surface area contributed by atoms with Gasteiger partial charge in [0.15, 0.2) is 5.16 Å². The number of rotatable bonds is 4. The summed E-state index contributed by atoms with van der Waals surface area (Å²) in [6, 6.07) is 6.33. The Kier molecular flexibility index (Phi) is 5.23. The van der Waals surface area contributed by atoms with E-state index in [0.717, 1.165) is 42.6 Å². The number of aromatic nitrogens is 3. The maximum atomic E-state index is 12.4. The molecule has 128 valence electrons. The Morgan fingerprint density at radius 2 is 1.83 bits per heavy atom. The van der Waals surface area contributed by atoms with Gasteiger partial charge >= 0.3 is 0 Å². The molecule has 5 nitrogen and oxygen atoms in total. The molecule has 1 fully saturated rings. The van der Waals surface area contributed by atoms with Crippen molar-refractivity contribution in [3.63, 3.8) is 0 Å². The van der Waals surface area contributed by atoms with E-state index in [0.29, 0.717) is 5.75 Å². The highest BCUT2D eigenvalue weighted by Gasteiger charge is 2.19. The van der Waals surface area contributed by atoms with Crippen LogP contribution in [0.5, 0.6) is 0 Å². The first-order valence-electron chi connectivity index (χ1n) is 8.46. The maximum Gasteiger partial charge on any atom is 0.233 e. The Labute approximate surface area is 147 Å². The number of benzene rings is 1. The van der Waals surface area contributed by atoms with Crippen molar-refractivity contribution in [2.45, 2.75) is 45.2 Å². The van der Waals surface area contributed by atoms with Crippen LogP contribution in [-0.2, 0) is 4.79 Å². The number of hydrogen-bond acceptors (Lipinski definition) is 4. The van der Waals surface area contributed by atoms with Crippen molar-refractivity contribution in [1.29, 1.82) is 0 Å². The molecular formula is C18H24N4OS. The lowest BCUT2D eigenvalue weighted by Gasteiger charge is -2.26. The molecule has 0 atom stereocenters. The van der Waals surface area contributed by atoms with Crippen LogP contribution < -0.4 is 0 Å². The summed E-state index contributed by atoms with van der Waals surface area (Å²) in [4.78, 5) is 14.3. The predicted molar refractivity (Wildman–Crippen MR) is 96.7 cm³/mol. The second kappa shape index (κ2) is 7.38. The first kappa shape index (κ1) is 17.0. The van der Waals surface area contributed by atoms with Gasteiger partial charge in [-0.2, -0.15) is 0 Å². The molecular weight excluding hydrogens is 320 g/mol. The largest absolute Gasteiger partial charge is 0.342 e. The molecule has 1 amide bonds. The molecule has 0 saturated carbocycles. The second-order valence-electron chi connectivity index (χ2n) is 6.36. The van der Waals surface area contributed by atoms with Gasteiger partial charge in [0.05, 0.1) is 5.75 Å². The Morgan fingerprint density at radius 3 is 2.54 bits per heavy atom. The standard InChI is InChI=1S/C18H24N4OS/c1-13-7-8-16(11-14(13)2)22-15(3)19-20-18(22)24-12-17(23)21-9-5-4-6-10-21/h7-8,11H,4-6,9-10,12H2,1-3H3. The molecule has 0 spiro atoms. The molecule has 2 aromatic rings. The van der Waals surface area contributed by atoms with Gasteiger partial charge in [-0.3, -0.25) is 9.36 Å². The van der Waals surface area contributed by atoms with E-state index in [1.807, 2.05) is 16.4 Å². The van der Waals surface area contributed by atoms with Crippen molar-refractivity contribution < 1.29 is 4.79 Å². The third kappa shape index (κ3) is 3.64. The summed E-state index contributed by atoms with van der Waals surface area (Å²) in [5.41, 5.74) is 3.55. The number of thioether (sulfide) groups is 1. The summed E-state index contributed by atoms with van der Waals surface area (Å²) < 4.78 is 2.03. The van der Waals surface area contributed by atoms with Gasteiger partial charge in [0.25, 0.3) is 0 Å². The highest BCUT2D eigenvalue weighted by molar-refractivity contribution is 7.99. The zero-order chi connectivity index (χ0) is 17.1. The lowest BCUT2D eigenvalue weighted by molar-refractivity contribution is -0.129. The van der Waals surface area contributed by atoms with E-state index in [2.05, 4.69) is 42.2 Å². The number of amides is 1. The molecule has 3 rings (SSSR count). The van der Waals surface area contributed by atoms with E-state index >= 15 is 0 Å². The molecule has 2 heterocycles. The topological polar surface area (TPSA) is 51.0 Å². The Morgan fingerprint density at radius 1 is 1.08 bits per heavy atom. The van der Waals surface area contributed by atoms with Crippen LogP contribution in [0.1, 0.15) is 36.2 Å². The minimum Gasteiger partial charge on any atom is -0.342 e. The predicted octanol–water partition coefficient (Wildman–Crippen LogP) is 3.30. The molecule has 1 aliphatic rings. The third-order valence-corrected chi connectivity index (χ3v) is 5.49. The summed E-state index contributed by atoms with van der Waals surface area (Å²) >= 11 is 1.47. The second-order valence-corrected chi connectivity index (χ2v) is 7.31. The molecule has 1 aromatic heterocycles. The van der Waals surface area contributed by atoms with Gasteiger partial charge in [0, 0.05) is 18.8 Å². The summed E-state index contributed by atoms with van der Waals surface area (Å²) in [7, 11) is 0. The zero-order valence-corrected chi connectivity index (χ0v) is 15.4. The smallest absolute Gasteiger partial charge is 0.233 e. The van der Waals surface area contributed by atoms with E-state index < -0.39 is 0 Å². The molecule has 0 aliphatic carbocycles. The zero-order valence-electron chi connectivity index (χ0n) is 14.6. The molecule has 1 aromatic carbocycles. The lowest BCUT2D eigenvalue weighted by Crippen LogP contribution is -2.36. The van der Waals surface area contributed by atoms with E-state index in [9.17, 15) is 4.79 Å². The average molecular weight is 344 g/mol. The van der Waals surface area contributed by atoms with Crippen LogP contribution in [0.25, 0.3) is 5.69 Å². The first-order valence-corrected chi connectivity index (χ1v) is 9.45. The molecule has 0 radical (unpaired) electrons. The summed E-state index contributed by atoms with van der Waals surface area (Å²) in [6.45, 7) is 7.93. The minimum atomic E-state index is 0.201. The third-order valence-electron chi connectivity index (χ3n) is 4.58. The van der Waals surface area contributed by atoms with Crippen molar-refractivity contribution in [3.8, 4) is 5.69 Å². The van der Waals surface area contributed by atoms with Crippen molar-refractivity contribution in [1.82, 2.24) is 19.7 Å². The van der Waals surface area contributed by atoms with Gasteiger partial charge in [0.1, 0.15) is 5.82 Å². The summed E-state index contributed by atoms with van der Waals surface area (Å²) in [5.74, 6) is 1.46. The SMILES string of the molecule is Cc1ccc(-n2c(C)nnc2SCC(=O)N2CCCCC2)cc1C. The maximum absolute atomic E-state index is 12.4. The van der Waals surface area contributed by atoms with E-state index in [1.54, 1.807) is 0 Å². The number of piperidine rings is 1. The first-order chi connectivity index (χ1) is 11.6. The molecule has 1 aliphatic heterocycles. The van der Waals surface area contributed by atoms with Crippen molar-refractivity contribution in [2.24, 2.45) is 0 Å². The van der Waals surface area contributed by atoms with Crippen molar-refractivity contribution in [3.05, 3.63) is 35.2 Å². The fraction of sp³-hybridized carbons (Fsp3) is 0.500. The molecule has 6 heteroatoms. The fourth-order valence-corrected chi connectivity index (χ4v) is 3.86. The molecule has 0 N–H and O–H groups in total. The lowest BCUT2D eigenvalue weighted by atomic mass is 10.1. The van der Waals surface area contributed by atoms with Gasteiger partial charge in [-0.05, 0) is 63.3 Å². The number of nitrogens with zero attached hydrogens (tertiary/aromatic N) is 4. The minimum absolute atomic E-state index is 0.201. The van der Waals surface area contributed by atoms with Gasteiger partial charge in [-0.25, -0.2) is 0 Å². The summed E-state index contributed by atoms with van der Waals surface area (Å²) in [5, 5.41) is 9.25. The number of carbonyl (C=O) groups is 1. The van der Waals surface area contributed by atoms with Crippen LogP contribution in [0.2, 0.25) is 0 Å². The molecule has 0 bridgehead atoms. The number of carbonyl (C=O) groups excluding carboxylic acids is 1. The summed E-state index contributed by atoms with van der Waals surface area (Å²) in [6.07, 6.45) is 3.47. The number of hydrogen-bond donors (Lipinski definition) is 0. The highest BCUT2D eigenvalue weighted by Crippen LogP contribution is 2.24. The molecule has 1 saturated heterocycles. The molecule has 24 heavy (non-hydrogen) atoms. The molecule has 0 unspecified atom stereocenters. The Balaban J connectivity index is 1.75. The van der Waals surface area contributed by atoms with Gasteiger partial charge in [0.2, 0.25) is 5.91 Å². The highest BCUT2D eigenvalue weighted by atomic mass is 32.2. The van der Waals surface area contributed by atoms with Crippen LogP contribution in [0.15, 0.2) is 23.4 Å². The quantitative estimate of drug-likeness (QED) is 0.799. The Hall–Kier alpha value is -1.82. The fourth-order valence-electron chi connectivity index (χ4n) is 2.96. The van der Waals surface area contributed by atoms with Crippen LogP contribution in [-0.4, -0.2) is 44.4 Å². The van der Waals surface area contributed by atoms with Crippen LogP contribution in [0.4, 0.5) is 0 Å². The monoisotopic (exact) mass is 344 g/mol. The van der Waals surface area contributed by atoms with Crippen molar-refractivity contribution >= 4 is 17.7 Å². The van der Waals surface area contributed by atoms with E-state index in [4.69, 9.17) is 0 Å². The number of likely N-dealkylation sites (tertiary alicyclic amines) is 1. The average Bonchev–Trinajstić information content (AvgIpc) is 2.96. The van der Waals surface area contributed by atoms with E-state index in [1.165, 1.54) is 29.3 Å². The van der Waals surface area contributed by atoms with Crippen LogP contribution in [0, 0.1) is 20.8 Å². The number of aryl methyl sites for hydroxylation is 3. The normalized spacial score (nSPS) is 14.9. The van der Waals surface area contributed by atoms with Gasteiger partial charge < -0.3 is 4.90 Å². The van der Waals surface area contributed by atoms with Crippen LogP contribution in [0.3, 0.4) is 0 Å².